The smallest absolute Gasteiger partial charge is 0.338 e. The molecule has 0 atom stereocenters. The normalized spacial score (nSPS) is 10.3. The van der Waals surface area contributed by atoms with Gasteiger partial charge in [-0.3, -0.25) is 0 Å². The maximum atomic E-state index is 11.9. The molecule has 116 valence electrons. The van der Waals surface area contributed by atoms with Crippen molar-refractivity contribution in [1.29, 1.82) is 0 Å². The van der Waals surface area contributed by atoms with Crippen LogP contribution < -0.4 is 10.5 Å². The zero-order valence-corrected chi connectivity index (χ0v) is 13.0. The van der Waals surface area contributed by atoms with Gasteiger partial charge in [0.15, 0.2) is 0 Å². The first-order chi connectivity index (χ1) is 10.6. The summed E-state index contributed by atoms with van der Waals surface area (Å²) in [5, 5.41) is 0. The molecule has 0 amide bonds. The minimum Gasteiger partial charge on any atom is -0.487 e. The zero-order valence-electron chi connectivity index (χ0n) is 13.0. The van der Waals surface area contributed by atoms with Gasteiger partial charge in [-0.15, -0.1) is 0 Å². The number of nitrogens with two attached hydrogens (primary N) is 1. The molecule has 0 heterocycles. The fraction of sp³-hybridized carbons (Fsp3) is 0.278. The lowest BCUT2D eigenvalue weighted by atomic mass is 10.1. The number of anilines is 1. The van der Waals surface area contributed by atoms with Crippen LogP contribution in [0.15, 0.2) is 42.5 Å². The summed E-state index contributed by atoms with van der Waals surface area (Å²) in [5.74, 6) is 0.136. The molecule has 2 N–H and O–H groups in total. The third-order valence-corrected chi connectivity index (χ3v) is 3.33. The predicted molar refractivity (Wildman–Crippen MR) is 86.9 cm³/mol. The van der Waals surface area contributed by atoms with Crippen LogP contribution in [-0.4, -0.2) is 12.6 Å². The largest absolute Gasteiger partial charge is 0.487 e. The van der Waals surface area contributed by atoms with Gasteiger partial charge in [-0.05, 0) is 42.7 Å². The van der Waals surface area contributed by atoms with Gasteiger partial charge in [0.05, 0.1) is 17.9 Å². The summed E-state index contributed by atoms with van der Waals surface area (Å²) in [5.41, 5.74) is 9.10. The lowest BCUT2D eigenvalue weighted by molar-refractivity contribution is 0.0504. The van der Waals surface area contributed by atoms with Gasteiger partial charge in [0, 0.05) is 0 Å². The van der Waals surface area contributed by atoms with E-state index in [9.17, 15) is 4.79 Å². The number of rotatable bonds is 6. The van der Waals surface area contributed by atoms with E-state index in [4.69, 9.17) is 15.2 Å². The van der Waals surface area contributed by atoms with Crippen molar-refractivity contribution in [1.82, 2.24) is 0 Å². The molecule has 0 spiro atoms. The fourth-order valence-electron chi connectivity index (χ4n) is 1.99. The van der Waals surface area contributed by atoms with E-state index in [1.807, 2.05) is 38.1 Å². The lowest BCUT2D eigenvalue weighted by Gasteiger charge is -2.12. The molecule has 0 aliphatic heterocycles. The number of aryl methyl sites for hydroxylation is 1. The minimum atomic E-state index is -0.359. The van der Waals surface area contributed by atoms with Crippen LogP contribution in [0.4, 0.5) is 5.69 Å². The minimum absolute atomic E-state index is 0.359. The predicted octanol–water partition coefficient (Wildman–Crippen LogP) is 3.72. The van der Waals surface area contributed by atoms with E-state index in [2.05, 4.69) is 0 Å². The van der Waals surface area contributed by atoms with Crippen LogP contribution >= 0.6 is 0 Å². The Balaban J connectivity index is 2.10. The maximum absolute atomic E-state index is 11.9. The van der Waals surface area contributed by atoms with Gasteiger partial charge < -0.3 is 15.2 Å². The van der Waals surface area contributed by atoms with E-state index in [0.29, 0.717) is 30.2 Å². The molecule has 0 bridgehead atoms. The summed E-state index contributed by atoms with van der Waals surface area (Å²) in [4.78, 5) is 11.9. The quantitative estimate of drug-likeness (QED) is 0.652. The average molecular weight is 299 g/mol. The second kappa shape index (κ2) is 7.50. The topological polar surface area (TPSA) is 61.5 Å². The molecule has 0 aromatic heterocycles. The summed E-state index contributed by atoms with van der Waals surface area (Å²) in [6.45, 7) is 4.79. The number of ether oxygens (including phenoxy) is 2. The summed E-state index contributed by atoms with van der Waals surface area (Å²) < 4.78 is 10.9. The van der Waals surface area contributed by atoms with Crippen LogP contribution in [0.25, 0.3) is 0 Å². The molecule has 22 heavy (non-hydrogen) atoms. The number of carbonyl (C=O) groups excluding carboxylic acids is 1. The van der Waals surface area contributed by atoms with E-state index in [-0.39, 0.29) is 5.97 Å². The first kappa shape index (κ1) is 15.9. The number of nitrogen functional groups attached to an aromatic ring is 1. The monoisotopic (exact) mass is 299 g/mol. The van der Waals surface area contributed by atoms with Gasteiger partial charge in [-0.25, -0.2) is 4.79 Å². The van der Waals surface area contributed by atoms with Crippen LogP contribution in [0.2, 0.25) is 0 Å². The molecule has 2 aromatic rings. The molecule has 0 saturated heterocycles. The van der Waals surface area contributed by atoms with E-state index in [1.165, 1.54) is 0 Å². The van der Waals surface area contributed by atoms with E-state index < -0.39 is 0 Å². The van der Waals surface area contributed by atoms with Crippen LogP contribution in [-0.2, 0) is 11.3 Å². The average Bonchev–Trinajstić information content (AvgIpc) is 2.53. The third-order valence-electron chi connectivity index (χ3n) is 3.33. The number of hydrogen-bond donors (Lipinski definition) is 1. The lowest BCUT2D eigenvalue weighted by Crippen LogP contribution is -2.07. The van der Waals surface area contributed by atoms with Crippen molar-refractivity contribution < 1.29 is 14.3 Å². The second-order valence-electron chi connectivity index (χ2n) is 5.10. The third kappa shape index (κ3) is 4.01. The molecular formula is C18H21NO3. The van der Waals surface area contributed by atoms with Crippen molar-refractivity contribution in [2.45, 2.75) is 26.9 Å². The number of esters is 1. The molecule has 0 fully saturated rings. The van der Waals surface area contributed by atoms with E-state index >= 15 is 0 Å². The maximum Gasteiger partial charge on any atom is 0.338 e. The summed E-state index contributed by atoms with van der Waals surface area (Å²) >= 11 is 0. The van der Waals surface area contributed by atoms with E-state index in [1.54, 1.807) is 18.2 Å². The molecular weight excluding hydrogens is 278 g/mol. The highest BCUT2D eigenvalue weighted by Crippen LogP contribution is 2.24. The highest BCUT2D eigenvalue weighted by Gasteiger charge is 2.11. The Morgan fingerprint density at radius 2 is 1.95 bits per heavy atom. The number of benzene rings is 2. The highest BCUT2D eigenvalue weighted by molar-refractivity contribution is 5.90. The Kier molecular flexibility index (Phi) is 5.42. The van der Waals surface area contributed by atoms with Gasteiger partial charge >= 0.3 is 5.97 Å². The Morgan fingerprint density at radius 3 is 2.68 bits per heavy atom. The molecule has 4 nitrogen and oxygen atoms in total. The summed E-state index contributed by atoms with van der Waals surface area (Å²) in [6, 6.07) is 12.9. The van der Waals surface area contributed by atoms with Crippen LogP contribution in [0.5, 0.6) is 5.75 Å². The summed E-state index contributed by atoms with van der Waals surface area (Å²) in [6.07, 6.45) is 0.789. The molecule has 0 radical (unpaired) electrons. The van der Waals surface area contributed by atoms with Crippen molar-refractivity contribution in [2.75, 3.05) is 12.3 Å². The van der Waals surface area contributed by atoms with Crippen molar-refractivity contribution in [3.63, 3.8) is 0 Å². The van der Waals surface area contributed by atoms with Gasteiger partial charge in [0.25, 0.3) is 0 Å². The van der Waals surface area contributed by atoms with Crippen molar-refractivity contribution in [3.05, 3.63) is 59.2 Å². The zero-order chi connectivity index (χ0) is 15.9. The SMILES string of the molecule is CCCOC(=O)c1ccc(N)c(OCc2ccccc2C)c1. The van der Waals surface area contributed by atoms with Gasteiger partial charge in [0.2, 0.25) is 0 Å². The van der Waals surface area contributed by atoms with Crippen molar-refractivity contribution in [2.24, 2.45) is 0 Å². The molecule has 0 unspecified atom stereocenters. The molecule has 2 aromatic carbocycles. The van der Waals surface area contributed by atoms with Crippen LogP contribution in [0.3, 0.4) is 0 Å². The molecule has 0 aliphatic carbocycles. The summed E-state index contributed by atoms with van der Waals surface area (Å²) in [7, 11) is 0. The van der Waals surface area contributed by atoms with Crippen LogP contribution in [0.1, 0.15) is 34.8 Å². The van der Waals surface area contributed by atoms with Gasteiger partial charge in [-0.2, -0.15) is 0 Å². The molecule has 2 rings (SSSR count). The second-order valence-corrected chi connectivity index (χ2v) is 5.10. The Bertz CT molecular complexity index is 653. The fourth-order valence-corrected chi connectivity index (χ4v) is 1.99. The van der Waals surface area contributed by atoms with Crippen molar-refractivity contribution in [3.8, 4) is 5.75 Å². The molecule has 0 aliphatic rings. The Labute approximate surface area is 130 Å². The van der Waals surface area contributed by atoms with E-state index in [0.717, 1.165) is 17.5 Å². The standard InChI is InChI=1S/C18H21NO3/c1-3-10-21-18(20)14-8-9-16(19)17(11-14)22-12-15-7-5-4-6-13(15)2/h4-9,11H,3,10,12,19H2,1-2H3. The number of carbonyl (C=O) groups is 1. The van der Waals surface area contributed by atoms with Gasteiger partial charge in [0.1, 0.15) is 12.4 Å². The first-order valence-corrected chi connectivity index (χ1v) is 7.35. The first-order valence-electron chi connectivity index (χ1n) is 7.35. The Hall–Kier alpha value is -2.49. The Morgan fingerprint density at radius 1 is 1.18 bits per heavy atom. The molecule has 0 saturated carbocycles. The highest BCUT2D eigenvalue weighted by atomic mass is 16.5. The molecule has 4 heteroatoms. The van der Waals surface area contributed by atoms with Crippen LogP contribution in [0, 0.1) is 6.92 Å². The number of hydrogen-bond acceptors (Lipinski definition) is 4. The van der Waals surface area contributed by atoms with Gasteiger partial charge in [-0.1, -0.05) is 31.2 Å². The van der Waals surface area contributed by atoms with Crippen molar-refractivity contribution >= 4 is 11.7 Å².